The molecule has 4 aliphatic rings. The lowest BCUT2D eigenvalue weighted by Gasteiger charge is -2.58. The Kier molecular flexibility index (Phi) is 16.3. The van der Waals surface area contributed by atoms with E-state index < -0.39 is 7.82 Å². The molecule has 0 amide bonds. The molecule has 11 nitrogen and oxygen atoms in total. The Morgan fingerprint density at radius 1 is 0.942 bits per heavy atom. The fraction of sp³-hybridized carbons (Fsp3) is 0.875. The zero-order chi connectivity index (χ0) is 37.9. The number of hydrogen-bond acceptors (Lipinski definition) is 9. The maximum absolute atomic E-state index is 13.0. The second-order valence-corrected chi connectivity index (χ2v) is 18.8. The van der Waals surface area contributed by atoms with E-state index in [2.05, 4.69) is 45.7 Å². The van der Waals surface area contributed by atoms with E-state index in [1.54, 1.807) is 6.92 Å². The first kappa shape index (κ1) is 43.0. The molecule has 0 aromatic carbocycles. The lowest BCUT2D eigenvalue weighted by molar-refractivity contribution is -0.152. The molecular formula is C40H71N4O7P. The van der Waals surface area contributed by atoms with Gasteiger partial charge in [-0.05, 0) is 111 Å². The highest BCUT2D eigenvalue weighted by atomic mass is 31.2. The van der Waals surface area contributed by atoms with E-state index in [0.717, 1.165) is 54.8 Å². The van der Waals surface area contributed by atoms with Gasteiger partial charge in [0.15, 0.2) is 5.96 Å². The number of esters is 1. The second-order valence-electron chi connectivity index (χ2n) is 17.1. The maximum atomic E-state index is 13.0. The van der Waals surface area contributed by atoms with E-state index in [-0.39, 0.29) is 69.4 Å². The van der Waals surface area contributed by atoms with Crippen molar-refractivity contribution >= 4 is 25.5 Å². The molecular weight excluding hydrogens is 679 g/mol. The van der Waals surface area contributed by atoms with Crippen LogP contribution in [0.2, 0.25) is 0 Å². The lowest BCUT2D eigenvalue weighted by atomic mass is 9.47. The fourth-order valence-electron chi connectivity index (χ4n) is 10.4. The number of carbonyl (C=O) groups is 1. The van der Waals surface area contributed by atoms with E-state index in [1.165, 1.54) is 56.9 Å². The molecule has 12 heteroatoms. The molecule has 3 fully saturated rings. The number of hydrogen-bond donors (Lipinski definition) is 3. The third kappa shape index (κ3) is 11.6. The molecule has 4 rings (SSSR count). The molecule has 0 aromatic rings. The predicted octanol–water partition coefficient (Wildman–Crippen LogP) is 8.60. The molecule has 0 radical (unpaired) electrons. The molecule has 9 atom stereocenters. The SMILES string of the molecule is CC(=N)CCCOP(=O)(OCCN=C(N)N)OCCOCCC(=O)OC1CCC2(C)C(=CCC3C2CCC2(C)C(C(C)CCCC(C)C)CCC32)C1. The van der Waals surface area contributed by atoms with Crippen LogP contribution in [0.1, 0.15) is 131 Å². The minimum atomic E-state index is -3.88. The Hall–Kier alpha value is -1.78. The Morgan fingerprint density at radius 3 is 2.42 bits per heavy atom. The van der Waals surface area contributed by atoms with Crippen LogP contribution in [0.4, 0.5) is 0 Å². The van der Waals surface area contributed by atoms with Crippen LogP contribution in [0.15, 0.2) is 16.6 Å². The standard InChI is InChI=1S/C40H71N4O7P/c1-28(2)9-7-10-29(3)34-14-15-35-33-13-12-31-27-32(16-19-39(31,5)36(33)17-20-40(34,35)6)51-37(45)18-23-47-25-26-50-52(46,48-22-8-11-30(4)41)49-24-21-44-38(42)43/h12,28-29,32-36,41H,7-11,13-27H2,1-6H3,(H4,42,43,44). The zero-order valence-corrected chi connectivity index (χ0v) is 34.1. The van der Waals surface area contributed by atoms with Crippen molar-refractivity contribution in [1.82, 2.24) is 0 Å². The molecule has 3 saturated carbocycles. The van der Waals surface area contributed by atoms with Gasteiger partial charge >= 0.3 is 13.8 Å². The Bertz CT molecular complexity index is 1290. The minimum Gasteiger partial charge on any atom is -0.462 e. The van der Waals surface area contributed by atoms with Crippen LogP contribution in [0, 0.1) is 51.7 Å². The molecule has 4 aliphatic carbocycles. The van der Waals surface area contributed by atoms with Gasteiger partial charge in [-0.25, -0.2) is 4.57 Å². The highest BCUT2D eigenvalue weighted by molar-refractivity contribution is 7.48. The Labute approximate surface area is 314 Å². The average molecular weight is 751 g/mol. The smallest absolute Gasteiger partial charge is 0.462 e. The number of phosphoric ester groups is 1. The van der Waals surface area contributed by atoms with Crippen molar-refractivity contribution in [3.05, 3.63) is 11.6 Å². The van der Waals surface area contributed by atoms with Crippen molar-refractivity contribution in [3.63, 3.8) is 0 Å². The van der Waals surface area contributed by atoms with Crippen molar-refractivity contribution in [2.24, 2.45) is 62.8 Å². The van der Waals surface area contributed by atoms with Gasteiger partial charge in [0.2, 0.25) is 0 Å². The highest BCUT2D eigenvalue weighted by Gasteiger charge is 2.59. The van der Waals surface area contributed by atoms with E-state index in [4.69, 9.17) is 39.9 Å². The summed E-state index contributed by atoms with van der Waals surface area (Å²) in [5.41, 5.74) is 13.4. The largest absolute Gasteiger partial charge is 0.474 e. The van der Waals surface area contributed by atoms with Gasteiger partial charge in [0.05, 0.1) is 46.0 Å². The summed E-state index contributed by atoms with van der Waals surface area (Å²) in [4.78, 5) is 16.6. The van der Waals surface area contributed by atoms with Crippen LogP contribution in [-0.2, 0) is 32.4 Å². The van der Waals surface area contributed by atoms with Gasteiger partial charge < -0.3 is 26.4 Å². The van der Waals surface area contributed by atoms with Crippen molar-refractivity contribution in [2.45, 2.75) is 138 Å². The summed E-state index contributed by atoms with van der Waals surface area (Å²) in [6.07, 6.45) is 17.3. The molecule has 298 valence electrons. The van der Waals surface area contributed by atoms with Gasteiger partial charge in [-0.1, -0.05) is 65.5 Å². The van der Waals surface area contributed by atoms with Crippen LogP contribution in [0.25, 0.3) is 0 Å². The van der Waals surface area contributed by atoms with Crippen molar-refractivity contribution in [1.29, 1.82) is 5.41 Å². The third-order valence-electron chi connectivity index (χ3n) is 13.1. The van der Waals surface area contributed by atoms with Crippen LogP contribution < -0.4 is 11.5 Å². The second kappa shape index (κ2) is 19.7. The normalized spacial score (nSPS) is 31.4. The molecule has 0 aliphatic heterocycles. The fourth-order valence-corrected chi connectivity index (χ4v) is 11.6. The van der Waals surface area contributed by atoms with Crippen LogP contribution >= 0.6 is 7.82 Å². The number of aliphatic imine (C=N–C) groups is 1. The number of guanidine groups is 1. The van der Waals surface area contributed by atoms with Crippen LogP contribution in [0.5, 0.6) is 0 Å². The van der Waals surface area contributed by atoms with Gasteiger partial charge in [-0.3, -0.25) is 23.4 Å². The number of allylic oxidation sites excluding steroid dienone is 1. The van der Waals surface area contributed by atoms with Gasteiger partial charge in [0.25, 0.3) is 0 Å². The quantitative estimate of drug-likeness (QED) is 0.0245. The van der Waals surface area contributed by atoms with E-state index in [9.17, 15) is 9.36 Å². The third-order valence-corrected chi connectivity index (χ3v) is 14.6. The monoisotopic (exact) mass is 751 g/mol. The number of rotatable bonds is 22. The molecule has 52 heavy (non-hydrogen) atoms. The number of carbonyl (C=O) groups excluding carboxylic acids is 1. The van der Waals surface area contributed by atoms with Gasteiger partial charge in [0, 0.05) is 12.1 Å². The highest BCUT2D eigenvalue weighted by Crippen LogP contribution is 2.67. The molecule has 0 bridgehead atoms. The first-order chi connectivity index (χ1) is 24.7. The number of phosphoric acid groups is 1. The van der Waals surface area contributed by atoms with E-state index in [0.29, 0.717) is 24.0 Å². The summed E-state index contributed by atoms with van der Waals surface area (Å²) in [5.74, 6) is 4.50. The summed E-state index contributed by atoms with van der Waals surface area (Å²) in [6.45, 7) is 14.5. The van der Waals surface area contributed by atoms with Gasteiger partial charge in [-0.2, -0.15) is 0 Å². The average Bonchev–Trinajstić information content (AvgIpc) is 3.44. The summed E-state index contributed by atoms with van der Waals surface area (Å²) < 4.78 is 40.8. The first-order valence-electron chi connectivity index (χ1n) is 20.3. The summed E-state index contributed by atoms with van der Waals surface area (Å²) >= 11 is 0. The summed E-state index contributed by atoms with van der Waals surface area (Å²) in [5, 5.41) is 7.54. The number of nitrogens with one attached hydrogen (secondary N) is 1. The maximum Gasteiger partial charge on any atom is 0.474 e. The van der Waals surface area contributed by atoms with Crippen LogP contribution in [-0.4, -0.2) is 63.3 Å². The lowest BCUT2D eigenvalue weighted by Crippen LogP contribution is -2.51. The van der Waals surface area contributed by atoms with E-state index in [1.807, 2.05) is 0 Å². The number of fused-ring (bicyclic) bond motifs is 5. The molecule has 0 saturated heterocycles. The predicted molar refractivity (Wildman–Crippen MR) is 207 cm³/mol. The van der Waals surface area contributed by atoms with Gasteiger partial charge in [-0.15, -0.1) is 0 Å². The molecule has 0 aromatic heterocycles. The van der Waals surface area contributed by atoms with Crippen molar-refractivity contribution in [3.8, 4) is 0 Å². The Balaban J connectivity index is 1.19. The Morgan fingerprint density at radius 2 is 1.69 bits per heavy atom. The topological polar surface area (TPSA) is 169 Å². The summed E-state index contributed by atoms with van der Waals surface area (Å²) in [7, 11) is -3.88. The van der Waals surface area contributed by atoms with Crippen molar-refractivity contribution < 1.29 is 32.4 Å². The van der Waals surface area contributed by atoms with E-state index >= 15 is 0 Å². The van der Waals surface area contributed by atoms with Gasteiger partial charge in [0.1, 0.15) is 6.10 Å². The van der Waals surface area contributed by atoms with Crippen molar-refractivity contribution in [2.75, 3.05) is 39.6 Å². The number of nitrogens with two attached hydrogens (primary N) is 2. The molecule has 0 heterocycles. The van der Waals surface area contributed by atoms with Crippen LogP contribution in [0.3, 0.4) is 0 Å². The zero-order valence-electron chi connectivity index (χ0n) is 33.2. The number of ether oxygens (including phenoxy) is 2. The molecule has 0 spiro atoms. The summed E-state index contributed by atoms with van der Waals surface area (Å²) in [6, 6.07) is 0. The first-order valence-corrected chi connectivity index (χ1v) is 21.7. The molecule has 5 N–H and O–H groups in total. The molecule has 9 unspecified atom stereocenters. The minimum absolute atomic E-state index is 0.0479. The number of nitrogens with zero attached hydrogens (tertiary/aromatic N) is 1.